The summed E-state index contributed by atoms with van der Waals surface area (Å²) in [5.74, 6) is -0.258. The van der Waals surface area contributed by atoms with Crippen LogP contribution < -0.4 is 5.73 Å². The first-order chi connectivity index (χ1) is 19.8. The Labute approximate surface area is 238 Å². The summed E-state index contributed by atoms with van der Waals surface area (Å²) in [6, 6.07) is 0. The van der Waals surface area contributed by atoms with E-state index in [0.29, 0.717) is 27.4 Å². The minimum absolute atomic E-state index is 0.0241. The predicted octanol–water partition coefficient (Wildman–Crippen LogP) is 0.710. The van der Waals surface area contributed by atoms with E-state index in [4.69, 9.17) is 26.8 Å². The van der Waals surface area contributed by atoms with Crippen molar-refractivity contribution in [3.8, 4) is 0 Å². The summed E-state index contributed by atoms with van der Waals surface area (Å²) in [4.78, 5) is 42.3. The van der Waals surface area contributed by atoms with E-state index < -0.39 is 29.5 Å². The second-order valence-corrected chi connectivity index (χ2v) is 10.3. The largest absolute Gasteiger partial charge is 0.396 e. The number of aliphatic hydroxyl groups excluding tert-OH is 2. The predicted molar refractivity (Wildman–Crippen MR) is 141 cm³/mol. The van der Waals surface area contributed by atoms with Crippen molar-refractivity contribution in [3.63, 3.8) is 0 Å². The van der Waals surface area contributed by atoms with Crippen LogP contribution in [0, 0.1) is 10.1 Å². The van der Waals surface area contributed by atoms with Gasteiger partial charge in [0.05, 0.1) is 44.6 Å². The maximum atomic E-state index is 11.6. The van der Waals surface area contributed by atoms with Crippen molar-refractivity contribution in [3.05, 3.63) is 40.7 Å². The van der Waals surface area contributed by atoms with E-state index in [-0.39, 0.29) is 48.1 Å². The molecule has 41 heavy (non-hydrogen) atoms. The molecule has 20 heteroatoms. The molecule has 5 aromatic heterocycles. The number of H-pyrrole nitrogens is 1. The van der Waals surface area contributed by atoms with Crippen LogP contribution in [0.4, 0.5) is 11.6 Å². The van der Waals surface area contributed by atoms with Crippen LogP contribution in [0.2, 0.25) is 5.28 Å². The zero-order chi connectivity index (χ0) is 28.7. The molecule has 214 valence electrons. The topological polar surface area (TPSA) is 244 Å². The number of fused-ring (bicyclic) bond motifs is 2. The normalized spacial score (nSPS) is 19.8. The van der Waals surface area contributed by atoms with Crippen LogP contribution in [-0.4, -0.2) is 95.7 Å². The van der Waals surface area contributed by atoms with Gasteiger partial charge in [-0.2, -0.15) is 9.97 Å². The Bertz CT molecular complexity index is 1730. The molecule has 18 nitrogen and oxygen atoms in total. The number of imidazole rings is 3. The van der Waals surface area contributed by atoms with Crippen LogP contribution in [0.3, 0.4) is 0 Å². The third kappa shape index (κ3) is 5.37. The summed E-state index contributed by atoms with van der Waals surface area (Å²) in [6.07, 6.45) is 2.50. The van der Waals surface area contributed by atoms with Gasteiger partial charge in [-0.1, -0.05) is 0 Å². The molecule has 6 rings (SSSR count). The number of halogens is 1. The molecule has 1 aliphatic heterocycles. The molecule has 0 aromatic carbocycles. The molecular formula is C21H21ClN12O6S. The second-order valence-electron chi connectivity index (χ2n) is 8.99. The lowest BCUT2D eigenvalue weighted by atomic mass is 10.2. The van der Waals surface area contributed by atoms with E-state index in [9.17, 15) is 20.3 Å². The fourth-order valence-electron chi connectivity index (χ4n) is 4.39. The molecule has 0 amide bonds. The molecule has 1 fully saturated rings. The first-order valence-electron chi connectivity index (χ1n) is 12.0. The lowest BCUT2D eigenvalue weighted by Crippen LogP contribution is -2.30. The first kappa shape index (κ1) is 27.2. The van der Waals surface area contributed by atoms with E-state index in [1.807, 2.05) is 0 Å². The molecule has 0 aliphatic carbocycles. The molecule has 0 saturated carbocycles. The highest BCUT2D eigenvalue weighted by atomic mass is 35.5. The second kappa shape index (κ2) is 11.1. The Morgan fingerprint density at radius 2 is 2.15 bits per heavy atom. The molecular weight excluding hydrogens is 584 g/mol. The number of nitrogens with two attached hydrogens (primary N) is 1. The van der Waals surface area contributed by atoms with Crippen LogP contribution in [-0.2, 0) is 16.0 Å². The summed E-state index contributed by atoms with van der Waals surface area (Å²) in [5, 5.41) is 33.3. The summed E-state index contributed by atoms with van der Waals surface area (Å²) in [7, 11) is 0. The van der Waals surface area contributed by atoms with E-state index in [1.165, 1.54) is 29.9 Å². The number of aromatic nitrogens is 10. The lowest BCUT2D eigenvalue weighted by Gasteiger charge is -2.18. The summed E-state index contributed by atoms with van der Waals surface area (Å²) in [6.45, 7) is -0.220. The molecule has 0 bridgehead atoms. The average Bonchev–Trinajstić information content (AvgIpc) is 3.71. The molecule has 0 radical (unpaired) electrons. The maximum Gasteiger partial charge on any atom is 0.396 e. The third-order valence-electron chi connectivity index (χ3n) is 6.26. The zero-order valence-corrected chi connectivity index (χ0v) is 22.4. The number of aromatic amines is 1. The molecule has 6 heterocycles. The fraction of sp³-hybridized carbons (Fsp3) is 0.381. The molecule has 0 spiro atoms. The standard InChI is InChI=1S/C21H21ClN12O6S/c22-21-30-15(23)13-17(31-21)33(8-28-13)12-1-10(36)11(40-12)4-39-3-9(35)2-32-7-29-18(34(37)38)20(32)41-19-14-16(25-5-24-14)26-6-27-19/h5-12,35-36H,1-4H2,(H2,23,30,31)(H,24,25,26,27)/t9?,10-,11+,12+/m0/s1. The van der Waals surface area contributed by atoms with E-state index in [0.717, 1.165) is 11.8 Å². The molecule has 5 aromatic rings. The zero-order valence-electron chi connectivity index (χ0n) is 20.8. The van der Waals surface area contributed by atoms with E-state index >= 15 is 0 Å². The first-order valence-corrected chi connectivity index (χ1v) is 13.2. The van der Waals surface area contributed by atoms with E-state index in [1.54, 1.807) is 4.57 Å². The van der Waals surface area contributed by atoms with Crippen molar-refractivity contribution in [2.45, 2.75) is 47.6 Å². The number of nitrogens with zero attached hydrogens (tertiary/aromatic N) is 10. The lowest BCUT2D eigenvalue weighted by molar-refractivity contribution is -0.392. The average molecular weight is 605 g/mol. The van der Waals surface area contributed by atoms with Crippen molar-refractivity contribution >= 4 is 57.3 Å². The highest BCUT2D eigenvalue weighted by Crippen LogP contribution is 2.36. The number of nitrogens with one attached hydrogen (secondary N) is 1. The number of nitrogen functional groups attached to an aromatic ring is 1. The van der Waals surface area contributed by atoms with Crippen LogP contribution >= 0.6 is 23.4 Å². The van der Waals surface area contributed by atoms with Gasteiger partial charge in [0, 0.05) is 6.42 Å². The van der Waals surface area contributed by atoms with Crippen molar-refractivity contribution in [2.24, 2.45) is 0 Å². The van der Waals surface area contributed by atoms with Gasteiger partial charge >= 0.3 is 5.82 Å². The number of hydrogen-bond donors (Lipinski definition) is 4. The Balaban J connectivity index is 1.08. The van der Waals surface area contributed by atoms with Crippen LogP contribution in [0.15, 0.2) is 35.4 Å². The van der Waals surface area contributed by atoms with E-state index in [2.05, 4.69) is 39.9 Å². The van der Waals surface area contributed by atoms with Crippen LogP contribution in [0.1, 0.15) is 12.6 Å². The Hall–Kier alpha value is -4.01. The molecule has 1 unspecified atom stereocenters. The van der Waals surface area contributed by atoms with Gasteiger partial charge in [-0.15, -0.1) is 0 Å². The highest BCUT2D eigenvalue weighted by molar-refractivity contribution is 7.99. The van der Waals surface area contributed by atoms with Gasteiger partial charge in [0.1, 0.15) is 34.7 Å². The fourth-order valence-corrected chi connectivity index (χ4v) is 5.55. The van der Waals surface area contributed by atoms with Crippen molar-refractivity contribution < 1.29 is 24.6 Å². The van der Waals surface area contributed by atoms with Crippen molar-refractivity contribution in [1.82, 2.24) is 49.0 Å². The summed E-state index contributed by atoms with van der Waals surface area (Å²) in [5.41, 5.74) is 7.51. The summed E-state index contributed by atoms with van der Waals surface area (Å²) >= 11 is 6.93. The molecule has 5 N–H and O–H groups in total. The monoisotopic (exact) mass is 604 g/mol. The van der Waals surface area contributed by atoms with Crippen molar-refractivity contribution in [1.29, 1.82) is 0 Å². The quantitative estimate of drug-likeness (QED) is 0.0741. The van der Waals surface area contributed by atoms with Gasteiger partial charge in [-0.05, 0) is 33.3 Å². The van der Waals surface area contributed by atoms with Gasteiger partial charge in [-0.3, -0.25) is 9.13 Å². The Kier molecular flexibility index (Phi) is 7.36. The van der Waals surface area contributed by atoms with Crippen molar-refractivity contribution in [2.75, 3.05) is 18.9 Å². The minimum Gasteiger partial charge on any atom is -0.390 e. The SMILES string of the molecule is Nc1nc(Cl)nc2c1ncn2[C@H]1C[C@H](O)[C@@H](COCC(O)Cn2cnc([N+](=O)[O-])c2Sc2ncnc3nc[nH]c23)O1. The van der Waals surface area contributed by atoms with Gasteiger partial charge < -0.3 is 40.5 Å². The van der Waals surface area contributed by atoms with Gasteiger partial charge in [0.2, 0.25) is 11.6 Å². The third-order valence-corrected chi connectivity index (χ3v) is 7.54. The Morgan fingerprint density at radius 3 is 2.98 bits per heavy atom. The molecule has 1 saturated heterocycles. The van der Waals surface area contributed by atoms with Gasteiger partial charge in [0.25, 0.3) is 0 Å². The van der Waals surface area contributed by atoms with Crippen LogP contribution in [0.25, 0.3) is 22.3 Å². The number of aliphatic hydroxyl groups is 2. The van der Waals surface area contributed by atoms with Gasteiger partial charge in [-0.25, -0.2) is 19.9 Å². The minimum atomic E-state index is -1.06. The number of anilines is 1. The molecule has 4 atom stereocenters. The maximum absolute atomic E-state index is 11.6. The smallest absolute Gasteiger partial charge is 0.390 e. The number of rotatable bonds is 10. The Morgan fingerprint density at radius 1 is 1.29 bits per heavy atom. The highest BCUT2D eigenvalue weighted by Gasteiger charge is 2.36. The summed E-state index contributed by atoms with van der Waals surface area (Å²) < 4.78 is 14.6. The number of nitro groups is 1. The number of hydrogen-bond acceptors (Lipinski definition) is 15. The molecule has 1 aliphatic rings. The van der Waals surface area contributed by atoms with Gasteiger partial charge in [0.15, 0.2) is 22.1 Å². The number of ether oxygens (including phenoxy) is 2. The van der Waals surface area contributed by atoms with Crippen LogP contribution in [0.5, 0.6) is 0 Å².